The molecule has 3 heterocycles. The average molecular weight is 270 g/mol. The second kappa shape index (κ2) is 5.36. The Kier molecular flexibility index (Phi) is 4.01. The molecule has 0 spiro atoms. The van der Waals surface area contributed by atoms with E-state index in [0.717, 1.165) is 18.7 Å². The van der Waals surface area contributed by atoms with Crippen molar-refractivity contribution in [2.24, 2.45) is 0 Å². The molecule has 0 radical (unpaired) electrons. The van der Waals surface area contributed by atoms with Gasteiger partial charge in [-0.15, -0.1) is 0 Å². The first-order valence-electron chi connectivity index (χ1n) is 5.84. The highest BCUT2D eigenvalue weighted by molar-refractivity contribution is 7.85. The van der Waals surface area contributed by atoms with Gasteiger partial charge in [0.1, 0.15) is 10.1 Å². The predicted octanol–water partition coefficient (Wildman–Crippen LogP) is 0.646. The molecule has 5 nitrogen and oxygen atoms in total. The van der Waals surface area contributed by atoms with Crippen LogP contribution >= 0.6 is 0 Å². The molecular weight excluding hydrogens is 254 g/mol. The summed E-state index contributed by atoms with van der Waals surface area (Å²) in [6.45, 7) is 3.98. The number of piperidine rings is 1. The van der Waals surface area contributed by atoms with Crippen LogP contribution in [-0.2, 0) is 14.9 Å². The van der Waals surface area contributed by atoms with Gasteiger partial charge in [0.05, 0.1) is 17.1 Å². The number of hydrogen-bond acceptors (Lipinski definition) is 5. The number of rotatable bonds is 1. The summed E-state index contributed by atoms with van der Waals surface area (Å²) in [5.74, 6) is 0. The van der Waals surface area contributed by atoms with Gasteiger partial charge < -0.3 is 14.6 Å². The smallest absolute Gasteiger partial charge is 0.124 e. The molecule has 2 bridgehead atoms. The van der Waals surface area contributed by atoms with Crippen molar-refractivity contribution in [1.82, 2.24) is 5.32 Å². The third-order valence-electron chi connectivity index (χ3n) is 2.96. The Balaban J connectivity index is 0.000000146. The van der Waals surface area contributed by atoms with Gasteiger partial charge in [0.15, 0.2) is 0 Å². The fraction of sp³-hybridized carbons (Fsp3) is 0.500. The molecule has 1 N–H and O–H groups in total. The highest BCUT2D eigenvalue weighted by Crippen LogP contribution is 2.22. The average Bonchev–Trinajstić information content (AvgIpc) is 2.29. The van der Waals surface area contributed by atoms with Crippen LogP contribution in [-0.4, -0.2) is 38.3 Å². The lowest BCUT2D eigenvalue weighted by atomic mass is 10.0. The molecule has 3 aliphatic heterocycles. The molecule has 18 heavy (non-hydrogen) atoms. The molecule has 2 unspecified atom stereocenters. The van der Waals surface area contributed by atoms with Crippen LogP contribution in [0.1, 0.15) is 12.0 Å². The SMILES string of the molecule is C1NCC2CC1O2.Cc1ccc(S(=O)(=O)[O-])cc1. The van der Waals surface area contributed by atoms with Crippen LogP contribution in [0.25, 0.3) is 0 Å². The van der Waals surface area contributed by atoms with Gasteiger partial charge in [-0.2, -0.15) is 0 Å². The highest BCUT2D eigenvalue weighted by atomic mass is 32.2. The third kappa shape index (κ3) is 3.52. The third-order valence-corrected chi connectivity index (χ3v) is 3.81. The van der Waals surface area contributed by atoms with E-state index in [9.17, 15) is 13.0 Å². The molecule has 3 aliphatic rings. The fourth-order valence-electron chi connectivity index (χ4n) is 1.93. The van der Waals surface area contributed by atoms with Crippen molar-refractivity contribution < 1.29 is 17.7 Å². The number of morpholine rings is 1. The first-order valence-corrected chi connectivity index (χ1v) is 7.25. The Morgan fingerprint density at radius 3 is 2.00 bits per heavy atom. The van der Waals surface area contributed by atoms with Crippen molar-refractivity contribution in [3.8, 4) is 0 Å². The summed E-state index contributed by atoms with van der Waals surface area (Å²) in [4.78, 5) is -0.178. The summed E-state index contributed by atoms with van der Waals surface area (Å²) in [7, 11) is -4.27. The Labute approximate surface area is 107 Å². The monoisotopic (exact) mass is 270 g/mol. The zero-order chi connectivity index (χ0) is 13.2. The fourth-order valence-corrected chi connectivity index (χ4v) is 2.40. The number of ether oxygens (including phenoxy) is 1. The predicted molar refractivity (Wildman–Crippen MR) is 65.3 cm³/mol. The molecular formula is C12H16NO4S-. The lowest BCUT2D eigenvalue weighted by molar-refractivity contribution is -0.143. The molecule has 3 saturated heterocycles. The first kappa shape index (κ1) is 13.5. The summed E-state index contributed by atoms with van der Waals surface area (Å²) in [5.41, 5.74) is 0.928. The van der Waals surface area contributed by atoms with Gasteiger partial charge in [0, 0.05) is 19.5 Å². The molecule has 0 amide bonds. The largest absolute Gasteiger partial charge is 0.744 e. The van der Waals surface area contributed by atoms with Crippen molar-refractivity contribution in [3.05, 3.63) is 29.8 Å². The molecule has 6 heteroatoms. The van der Waals surface area contributed by atoms with E-state index in [4.69, 9.17) is 4.74 Å². The summed E-state index contributed by atoms with van der Waals surface area (Å²) < 4.78 is 36.5. The molecule has 1 aromatic rings. The summed E-state index contributed by atoms with van der Waals surface area (Å²) in [6.07, 6.45) is 2.44. The minimum atomic E-state index is -4.27. The van der Waals surface area contributed by atoms with Crippen LogP contribution in [0, 0.1) is 6.92 Å². The lowest BCUT2D eigenvalue weighted by Gasteiger charge is -2.41. The maximum absolute atomic E-state index is 10.4. The van der Waals surface area contributed by atoms with Crippen molar-refractivity contribution in [3.63, 3.8) is 0 Å². The van der Waals surface area contributed by atoms with E-state index >= 15 is 0 Å². The Morgan fingerprint density at radius 1 is 1.22 bits per heavy atom. The molecule has 3 fully saturated rings. The maximum Gasteiger partial charge on any atom is 0.124 e. The normalized spacial score (nSPS) is 25.7. The van der Waals surface area contributed by atoms with E-state index < -0.39 is 10.1 Å². The standard InChI is InChI=1S/C7H8O3S.C5H9NO/c1-6-2-4-7(5-3-6)11(8,9)10;1-4-2-6-3-5(1)7-4/h2-5H,1H3,(H,8,9,10);4-6H,1-3H2/p-1. The van der Waals surface area contributed by atoms with Crippen LogP contribution in [0.5, 0.6) is 0 Å². The number of fused-ring (bicyclic) bond motifs is 2. The Bertz CT molecular complexity index is 478. The highest BCUT2D eigenvalue weighted by Gasteiger charge is 2.33. The second-order valence-electron chi connectivity index (χ2n) is 4.54. The van der Waals surface area contributed by atoms with E-state index in [-0.39, 0.29) is 4.90 Å². The second-order valence-corrected chi connectivity index (χ2v) is 5.92. The summed E-state index contributed by atoms with van der Waals surface area (Å²) in [6, 6.07) is 5.78. The first-order chi connectivity index (χ1) is 8.45. The maximum atomic E-state index is 10.4. The van der Waals surface area contributed by atoms with Crippen molar-refractivity contribution in [1.29, 1.82) is 0 Å². The van der Waals surface area contributed by atoms with Gasteiger partial charge in [-0.05, 0) is 19.1 Å². The van der Waals surface area contributed by atoms with Crippen LogP contribution in [0.15, 0.2) is 29.2 Å². The van der Waals surface area contributed by atoms with Gasteiger partial charge in [0.25, 0.3) is 0 Å². The van der Waals surface area contributed by atoms with E-state index in [1.165, 1.54) is 18.6 Å². The molecule has 0 saturated carbocycles. The van der Waals surface area contributed by atoms with Gasteiger partial charge in [0.2, 0.25) is 0 Å². The minimum absolute atomic E-state index is 0.178. The topological polar surface area (TPSA) is 78.5 Å². The van der Waals surface area contributed by atoms with Crippen LogP contribution in [0.3, 0.4) is 0 Å². The molecule has 2 atom stereocenters. The van der Waals surface area contributed by atoms with E-state index in [1.54, 1.807) is 12.1 Å². The van der Waals surface area contributed by atoms with Crippen LogP contribution < -0.4 is 5.32 Å². The van der Waals surface area contributed by atoms with Gasteiger partial charge in [-0.1, -0.05) is 17.7 Å². The van der Waals surface area contributed by atoms with Crippen molar-refractivity contribution in [2.45, 2.75) is 30.4 Å². The number of hydrogen-bond donors (Lipinski definition) is 1. The van der Waals surface area contributed by atoms with E-state index in [2.05, 4.69) is 5.32 Å². The minimum Gasteiger partial charge on any atom is -0.744 e. The van der Waals surface area contributed by atoms with Gasteiger partial charge in [-0.25, -0.2) is 8.42 Å². The molecule has 0 aliphatic carbocycles. The zero-order valence-electron chi connectivity index (χ0n) is 10.1. The number of nitrogens with one attached hydrogen (secondary N) is 1. The lowest BCUT2D eigenvalue weighted by Crippen LogP contribution is -2.55. The Morgan fingerprint density at radius 2 is 1.72 bits per heavy atom. The zero-order valence-corrected chi connectivity index (χ0v) is 10.9. The number of benzene rings is 1. The molecule has 0 aromatic heterocycles. The molecule has 100 valence electrons. The number of aryl methyl sites for hydroxylation is 1. The van der Waals surface area contributed by atoms with E-state index in [0.29, 0.717) is 12.2 Å². The van der Waals surface area contributed by atoms with E-state index in [1.807, 2.05) is 6.92 Å². The summed E-state index contributed by atoms with van der Waals surface area (Å²) in [5, 5.41) is 3.26. The van der Waals surface area contributed by atoms with Crippen molar-refractivity contribution >= 4 is 10.1 Å². The quantitative estimate of drug-likeness (QED) is 0.758. The molecule has 1 aromatic carbocycles. The summed E-state index contributed by atoms with van der Waals surface area (Å²) >= 11 is 0. The Hall–Kier alpha value is -0.950. The molecule has 4 rings (SSSR count). The van der Waals surface area contributed by atoms with Gasteiger partial charge >= 0.3 is 0 Å². The van der Waals surface area contributed by atoms with Gasteiger partial charge in [-0.3, -0.25) is 0 Å². The van der Waals surface area contributed by atoms with Crippen molar-refractivity contribution in [2.75, 3.05) is 13.1 Å². The van der Waals surface area contributed by atoms with Crippen LogP contribution in [0.4, 0.5) is 0 Å². The van der Waals surface area contributed by atoms with Crippen LogP contribution in [0.2, 0.25) is 0 Å².